The third kappa shape index (κ3) is 5.67. The summed E-state index contributed by atoms with van der Waals surface area (Å²) in [6.45, 7) is 0.340. The number of hydrogen-bond donors (Lipinski definition) is 3. The highest BCUT2D eigenvalue weighted by Crippen LogP contribution is 2.33. The lowest BCUT2D eigenvalue weighted by Gasteiger charge is -2.27. The Morgan fingerprint density at radius 1 is 1.00 bits per heavy atom. The molecule has 0 spiro atoms. The molecular weight excluding hydrogens is 464 g/mol. The fourth-order valence-electron chi connectivity index (χ4n) is 4.82. The van der Waals surface area contributed by atoms with Crippen molar-refractivity contribution in [3.05, 3.63) is 42.0 Å². The molecule has 2 aromatic heterocycles. The Kier molecular flexibility index (Phi) is 8.73. The van der Waals surface area contributed by atoms with Crippen LogP contribution in [0.15, 0.2) is 30.6 Å². The van der Waals surface area contributed by atoms with Crippen molar-refractivity contribution in [2.45, 2.75) is 76.0 Å². The molecule has 7 nitrogen and oxygen atoms in total. The number of hydrogen-bond acceptors (Lipinski definition) is 6. The monoisotopic (exact) mass is 495 g/mol. The van der Waals surface area contributed by atoms with Gasteiger partial charge in [-0.15, -0.1) is 24.8 Å². The standard InChI is InChI=1S/C23H30FN7.2ClH/c24-19-8-4-1-5-15(19)13-26-21-20-22(31(14-27-20)18-6-2-3-7-18)30-23(29-21)28-17-11-9-16(25)10-12-17;;/h1,4-5,8,14,16-18H,2-3,6-7,9-13,25H2,(H2,26,28,29,30);2*1H. The van der Waals surface area contributed by atoms with E-state index in [0.29, 0.717) is 42.0 Å². The van der Waals surface area contributed by atoms with Gasteiger partial charge in [-0.3, -0.25) is 0 Å². The molecule has 2 aliphatic rings. The molecule has 0 aliphatic heterocycles. The lowest BCUT2D eigenvalue weighted by Crippen LogP contribution is -2.33. The van der Waals surface area contributed by atoms with Crippen molar-refractivity contribution in [3.8, 4) is 0 Å². The Hall–Kier alpha value is -2.16. The van der Waals surface area contributed by atoms with Crippen molar-refractivity contribution in [2.75, 3.05) is 10.6 Å². The van der Waals surface area contributed by atoms with E-state index in [2.05, 4.69) is 20.2 Å². The van der Waals surface area contributed by atoms with Gasteiger partial charge in [-0.2, -0.15) is 9.97 Å². The Bertz CT molecular complexity index is 1050. The van der Waals surface area contributed by atoms with E-state index in [9.17, 15) is 4.39 Å². The van der Waals surface area contributed by atoms with E-state index in [1.165, 1.54) is 18.9 Å². The molecule has 0 amide bonds. The fourth-order valence-corrected chi connectivity index (χ4v) is 4.82. The summed E-state index contributed by atoms with van der Waals surface area (Å²) < 4.78 is 16.3. The predicted octanol–water partition coefficient (Wildman–Crippen LogP) is 5.22. The molecule has 3 aromatic rings. The number of aromatic nitrogens is 4. The van der Waals surface area contributed by atoms with Gasteiger partial charge in [-0.1, -0.05) is 31.0 Å². The molecule has 0 atom stereocenters. The summed E-state index contributed by atoms with van der Waals surface area (Å²) in [7, 11) is 0. The van der Waals surface area contributed by atoms with Gasteiger partial charge in [0.25, 0.3) is 0 Å². The van der Waals surface area contributed by atoms with Crippen LogP contribution in [0.4, 0.5) is 16.2 Å². The molecule has 10 heteroatoms. The number of halogens is 3. The summed E-state index contributed by atoms with van der Waals surface area (Å²) in [6.07, 6.45) is 10.7. The van der Waals surface area contributed by atoms with E-state index in [4.69, 9.17) is 15.7 Å². The van der Waals surface area contributed by atoms with Crippen LogP contribution in [0.1, 0.15) is 63.0 Å². The lowest BCUT2D eigenvalue weighted by atomic mass is 9.92. The van der Waals surface area contributed by atoms with E-state index < -0.39 is 0 Å². The summed E-state index contributed by atoms with van der Waals surface area (Å²) in [4.78, 5) is 14.2. The molecule has 2 heterocycles. The van der Waals surface area contributed by atoms with Gasteiger partial charge in [0.2, 0.25) is 5.95 Å². The van der Waals surface area contributed by atoms with Crippen molar-refractivity contribution in [3.63, 3.8) is 0 Å². The molecule has 0 radical (unpaired) electrons. The molecule has 0 saturated heterocycles. The second kappa shape index (κ2) is 11.3. The topological polar surface area (TPSA) is 93.7 Å². The number of benzene rings is 1. The normalized spacial score (nSPS) is 20.8. The van der Waals surface area contributed by atoms with Gasteiger partial charge in [0.1, 0.15) is 5.82 Å². The SMILES string of the molecule is Cl.Cl.NC1CCC(Nc2nc(NCc3ccccc3F)c3ncn(C4CCCC4)c3n2)CC1. The molecule has 180 valence electrons. The first kappa shape index (κ1) is 25.5. The second-order valence-corrected chi connectivity index (χ2v) is 8.86. The van der Waals surface area contributed by atoms with Crippen LogP contribution in [0.5, 0.6) is 0 Å². The molecule has 4 N–H and O–H groups in total. The lowest BCUT2D eigenvalue weighted by molar-refractivity contribution is 0.410. The Morgan fingerprint density at radius 3 is 2.45 bits per heavy atom. The second-order valence-electron chi connectivity index (χ2n) is 8.86. The van der Waals surface area contributed by atoms with Crippen LogP contribution in [0.2, 0.25) is 0 Å². The van der Waals surface area contributed by atoms with Gasteiger partial charge in [0.05, 0.1) is 6.33 Å². The van der Waals surface area contributed by atoms with Gasteiger partial charge in [0, 0.05) is 30.2 Å². The number of nitrogens with two attached hydrogens (primary N) is 1. The predicted molar refractivity (Wildman–Crippen MR) is 135 cm³/mol. The fraction of sp³-hybridized carbons (Fsp3) is 0.522. The number of nitrogens with one attached hydrogen (secondary N) is 2. The maximum atomic E-state index is 14.1. The van der Waals surface area contributed by atoms with Crippen LogP contribution >= 0.6 is 24.8 Å². The largest absolute Gasteiger partial charge is 0.364 e. The summed E-state index contributed by atoms with van der Waals surface area (Å²) in [5, 5.41) is 6.82. The van der Waals surface area contributed by atoms with Gasteiger partial charge in [-0.05, 0) is 44.6 Å². The summed E-state index contributed by atoms with van der Waals surface area (Å²) in [5.74, 6) is 1.01. The van der Waals surface area contributed by atoms with Crippen molar-refractivity contribution in [1.82, 2.24) is 19.5 Å². The van der Waals surface area contributed by atoms with Gasteiger partial charge >= 0.3 is 0 Å². The van der Waals surface area contributed by atoms with E-state index >= 15 is 0 Å². The average molecular weight is 496 g/mol. The van der Waals surface area contributed by atoms with E-state index in [1.54, 1.807) is 12.1 Å². The third-order valence-electron chi connectivity index (χ3n) is 6.65. The molecule has 0 unspecified atom stereocenters. The summed E-state index contributed by atoms with van der Waals surface area (Å²) in [6, 6.07) is 7.83. The smallest absolute Gasteiger partial charge is 0.227 e. The number of anilines is 2. The highest BCUT2D eigenvalue weighted by molar-refractivity contribution is 5.86. The number of fused-ring (bicyclic) bond motifs is 1. The number of nitrogens with zero attached hydrogens (tertiary/aromatic N) is 4. The molecule has 2 fully saturated rings. The van der Waals surface area contributed by atoms with Crippen molar-refractivity contribution < 1.29 is 4.39 Å². The molecular formula is C23H32Cl2FN7. The van der Waals surface area contributed by atoms with Crippen LogP contribution in [-0.4, -0.2) is 31.6 Å². The van der Waals surface area contributed by atoms with Gasteiger partial charge < -0.3 is 20.9 Å². The summed E-state index contributed by atoms with van der Waals surface area (Å²) >= 11 is 0. The van der Waals surface area contributed by atoms with Crippen molar-refractivity contribution in [2.24, 2.45) is 5.73 Å². The molecule has 0 bridgehead atoms. The first-order valence-electron chi connectivity index (χ1n) is 11.4. The van der Waals surface area contributed by atoms with Crippen LogP contribution in [0.3, 0.4) is 0 Å². The highest BCUT2D eigenvalue weighted by Gasteiger charge is 2.24. The molecule has 5 rings (SSSR count). The molecule has 1 aromatic carbocycles. The minimum atomic E-state index is -0.228. The maximum Gasteiger partial charge on any atom is 0.227 e. The molecule has 2 aliphatic carbocycles. The maximum absolute atomic E-state index is 14.1. The van der Waals surface area contributed by atoms with E-state index in [-0.39, 0.29) is 30.6 Å². The zero-order valence-corrected chi connectivity index (χ0v) is 20.2. The molecule has 2 saturated carbocycles. The van der Waals surface area contributed by atoms with Crippen LogP contribution in [-0.2, 0) is 6.54 Å². The van der Waals surface area contributed by atoms with Crippen LogP contribution in [0.25, 0.3) is 11.2 Å². The zero-order valence-electron chi connectivity index (χ0n) is 18.5. The van der Waals surface area contributed by atoms with Crippen molar-refractivity contribution in [1.29, 1.82) is 0 Å². The van der Waals surface area contributed by atoms with Crippen molar-refractivity contribution >= 4 is 47.7 Å². The Morgan fingerprint density at radius 2 is 1.73 bits per heavy atom. The van der Waals surface area contributed by atoms with E-state index in [0.717, 1.165) is 49.7 Å². The average Bonchev–Trinajstić information content (AvgIpc) is 3.44. The van der Waals surface area contributed by atoms with Gasteiger partial charge in [-0.25, -0.2) is 9.37 Å². The Balaban J connectivity index is 0.00000153. The highest BCUT2D eigenvalue weighted by atomic mass is 35.5. The zero-order chi connectivity index (χ0) is 21.2. The van der Waals surface area contributed by atoms with E-state index in [1.807, 2.05) is 12.4 Å². The molecule has 33 heavy (non-hydrogen) atoms. The minimum Gasteiger partial charge on any atom is -0.364 e. The van der Waals surface area contributed by atoms with Crippen LogP contribution in [0, 0.1) is 5.82 Å². The minimum absolute atomic E-state index is 0. The van der Waals surface area contributed by atoms with Crippen LogP contribution < -0.4 is 16.4 Å². The summed E-state index contributed by atoms with van der Waals surface area (Å²) in [5.41, 5.74) is 8.23. The third-order valence-corrected chi connectivity index (χ3v) is 6.65. The van der Waals surface area contributed by atoms with Gasteiger partial charge in [0.15, 0.2) is 17.0 Å². The quantitative estimate of drug-likeness (QED) is 0.434. The first-order valence-corrected chi connectivity index (χ1v) is 11.4. The number of rotatable bonds is 6. The Labute approximate surface area is 206 Å². The number of imidazole rings is 1. The first-order chi connectivity index (χ1) is 15.2.